The van der Waals surface area contributed by atoms with Crippen LogP contribution >= 0.6 is 11.8 Å². The first-order valence-electron chi connectivity index (χ1n) is 11.2. The molecular weight excluding hydrogens is 398 g/mol. The van der Waals surface area contributed by atoms with Crippen LogP contribution in [0.25, 0.3) is 0 Å². The largest absolute Gasteiger partial charge is 0.341 e. The summed E-state index contributed by atoms with van der Waals surface area (Å²) in [5.41, 5.74) is 2.89. The van der Waals surface area contributed by atoms with Crippen molar-refractivity contribution in [1.82, 2.24) is 20.1 Å². The zero-order valence-corrected chi connectivity index (χ0v) is 19.0. The van der Waals surface area contributed by atoms with E-state index in [0.29, 0.717) is 12.6 Å². The maximum absolute atomic E-state index is 12.8. The van der Waals surface area contributed by atoms with Crippen molar-refractivity contribution >= 4 is 29.4 Å². The Morgan fingerprint density at radius 1 is 1.10 bits per heavy atom. The van der Waals surface area contributed by atoms with Crippen molar-refractivity contribution in [3.8, 4) is 0 Å². The SMILES string of the molecule is Cc1cc(C)c2c(n1)SCCN2C(=O)NCC(=O)N1CCC(N2CCCCC2)CC1. The number of carbonyl (C=O) groups excluding carboxylic acids is 2. The Bertz CT molecular complexity index is 788. The van der Waals surface area contributed by atoms with Gasteiger partial charge < -0.3 is 15.1 Å². The van der Waals surface area contributed by atoms with Gasteiger partial charge in [0.15, 0.2) is 0 Å². The fourth-order valence-electron chi connectivity index (χ4n) is 4.90. The van der Waals surface area contributed by atoms with Crippen LogP contribution in [0.4, 0.5) is 10.5 Å². The first-order valence-corrected chi connectivity index (χ1v) is 12.2. The molecule has 0 atom stereocenters. The molecule has 0 radical (unpaired) electrons. The van der Waals surface area contributed by atoms with E-state index in [1.807, 2.05) is 24.8 Å². The standard InChI is InChI=1S/C22H33N5O2S/c1-16-14-17(2)24-21-20(16)27(12-13-30-21)22(29)23-15-19(28)26-10-6-18(7-11-26)25-8-4-3-5-9-25/h14,18H,3-13,15H2,1-2H3,(H,23,29). The Morgan fingerprint density at radius 2 is 1.83 bits per heavy atom. The summed E-state index contributed by atoms with van der Waals surface area (Å²) in [5, 5.41) is 3.76. The second-order valence-electron chi connectivity index (χ2n) is 8.60. The summed E-state index contributed by atoms with van der Waals surface area (Å²) in [6.07, 6.45) is 6.04. The van der Waals surface area contributed by atoms with Crippen LogP contribution in [0.15, 0.2) is 11.1 Å². The van der Waals surface area contributed by atoms with Crippen LogP contribution in [0.2, 0.25) is 0 Å². The number of nitrogens with one attached hydrogen (secondary N) is 1. The van der Waals surface area contributed by atoms with E-state index in [0.717, 1.165) is 53.7 Å². The molecule has 2 fully saturated rings. The van der Waals surface area contributed by atoms with Gasteiger partial charge in [0.2, 0.25) is 5.91 Å². The van der Waals surface area contributed by atoms with Crippen LogP contribution in [-0.4, -0.2) is 77.8 Å². The molecule has 0 unspecified atom stereocenters. The molecule has 0 aromatic carbocycles. The number of fused-ring (bicyclic) bond motifs is 1. The summed E-state index contributed by atoms with van der Waals surface area (Å²) in [5.74, 6) is 0.833. The highest BCUT2D eigenvalue weighted by Crippen LogP contribution is 2.36. The molecule has 2 saturated heterocycles. The molecule has 164 valence electrons. The van der Waals surface area contributed by atoms with E-state index in [4.69, 9.17) is 0 Å². The lowest BCUT2D eigenvalue weighted by Crippen LogP contribution is -2.51. The number of carbonyl (C=O) groups is 2. The molecule has 0 saturated carbocycles. The number of urea groups is 1. The van der Waals surface area contributed by atoms with Gasteiger partial charge in [-0.2, -0.15) is 0 Å². The van der Waals surface area contributed by atoms with E-state index in [2.05, 4.69) is 15.2 Å². The fourth-order valence-corrected chi connectivity index (χ4v) is 5.98. The smallest absolute Gasteiger partial charge is 0.322 e. The number of aromatic nitrogens is 1. The molecule has 0 spiro atoms. The maximum atomic E-state index is 12.8. The number of piperidine rings is 2. The third-order valence-electron chi connectivity index (χ3n) is 6.46. The number of likely N-dealkylation sites (tertiary alicyclic amines) is 2. The van der Waals surface area contributed by atoms with Gasteiger partial charge >= 0.3 is 6.03 Å². The van der Waals surface area contributed by atoms with Gasteiger partial charge in [-0.05, 0) is 64.3 Å². The molecule has 7 nitrogen and oxygen atoms in total. The predicted molar refractivity (Wildman–Crippen MR) is 120 cm³/mol. The van der Waals surface area contributed by atoms with E-state index in [1.54, 1.807) is 16.7 Å². The lowest BCUT2D eigenvalue weighted by atomic mass is 10.00. The van der Waals surface area contributed by atoms with Gasteiger partial charge in [-0.1, -0.05) is 6.42 Å². The Labute approximate surface area is 183 Å². The molecule has 1 N–H and O–H groups in total. The van der Waals surface area contributed by atoms with Gasteiger partial charge in [0.05, 0.1) is 12.2 Å². The van der Waals surface area contributed by atoms with Crippen LogP contribution < -0.4 is 10.2 Å². The van der Waals surface area contributed by atoms with Crippen molar-refractivity contribution in [3.05, 3.63) is 17.3 Å². The Hall–Kier alpha value is -1.80. The van der Waals surface area contributed by atoms with Crippen LogP contribution in [0.3, 0.4) is 0 Å². The van der Waals surface area contributed by atoms with Gasteiger partial charge in [-0.25, -0.2) is 9.78 Å². The normalized spacial score (nSPS) is 20.7. The van der Waals surface area contributed by atoms with E-state index in [9.17, 15) is 9.59 Å². The molecular formula is C22H33N5O2S. The minimum absolute atomic E-state index is 0.0193. The molecule has 3 aliphatic rings. The zero-order chi connectivity index (χ0) is 21.1. The molecule has 4 heterocycles. The van der Waals surface area contributed by atoms with Crippen molar-refractivity contribution < 1.29 is 9.59 Å². The summed E-state index contributed by atoms with van der Waals surface area (Å²) in [4.78, 5) is 36.4. The van der Waals surface area contributed by atoms with Crippen molar-refractivity contribution in [1.29, 1.82) is 0 Å². The Kier molecular flexibility index (Phi) is 6.83. The number of hydrogen-bond donors (Lipinski definition) is 1. The first kappa shape index (κ1) is 21.4. The highest BCUT2D eigenvalue weighted by molar-refractivity contribution is 7.99. The van der Waals surface area contributed by atoms with Crippen LogP contribution in [0.1, 0.15) is 43.4 Å². The third kappa shape index (κ3) is 4.75. The minimum atomic E-state index is -0.207. The molecule has 3 aliphatic heterocycles. The number of pyridine rings is 1. The van der Waals surface area contributed by atoms with E-state index in [-0.39, 0.29) is 18.5 Å². The van der Waals surface area contributed by atoms with Crippen molar-refractivity contribution in [2.45, 2.75) is 57.0 Å². The molecule has 8 heteroatoms. The monoisotopic (exact) mass is 431 g/mol. The predicted octanol–water partition coefficient (Wildman–Crippen LogP) is 2.80. The fraction of sp³-hybridized carbons (Fsp3) is 0.682. The maximum Gasteiger partial charge on any atom is 0.322 e. The van der Waals surface area contributed by atoms with Crippen molar-refractivity contribution in [3.63, 3.8) is 0 Å². The lowest BCUT2D eigenvalue weighted by Gasteiger charge is -2.40. The van der Waals surface area contributed by atoms with Crippen molar-refractivity contribution in [2.24, 2.45) is 0 Å². The third-order valence-corrected chi connectivity index (χ3v) is 7.41. The highest BCUT2D eigenvalue weighted by atomic mass is 32.2. The second-order valence-corrected chi connectivity index (χ2v) is 9.69. The average molecular weight is 432 g/mol. The Balaban J connectivity index is 1.28. The summed E-state index contributed by atoms with van der Waals surface area (Å²) < 4.78 is 0. The topological polar surface area (TPSA) is 68.8 Å². The average Bonchev–Trinajstić information content (AvgIpc) is 2.77. The van der Waals surface area contributed by atoms with Gasteiger partial charge in [-0.15, -0.1) is 11.8 Å². The van der Waals surface area contributed by atoms with Gasteiger partial charge in [0, 0.05) is 37.1 Å². The lowest BCUT2D eigenvalue weighted by molar-refractivity contribution is -0.131. The summed E-state index contributed by atoms with van der Waals surface area (Å²) in [7, 11) is 0. The first-order chi connectivity index (χ1) is 14.5. The molecule has 4 rings (SSSR count). The van der Waals surface area contributed by atoms with Crippen molar-refractivity contribution in [2.75, 3.05) is 49.9 Å². The van der Waals surface area contributed by atoms with E-state index in [1.165, 1.54) is 32.4 Å². The number of anilines is 1. The number of nitrogens with zero attached hydrogens (tertiary/aromatic N) is 4. The van der Waals surface area contributed by atoms with E-state index < -0.39 is 0 Å². The van der Waals surface area contributed by atoms with Gasteiger partial charge in [-0.3, -0.25) is 9.69 Å². The molecule has 3 amide bonds. The highest BCUT2D eigenvalue weighted by Gasteiger charge is 2.29. The zero-order valence-electron chi connectivity index (χ0n) is 18.2. The Morgan fingerprint density at radius 3 is 2.57 bits per heavy atom. The molecule has 1 aromatic heterocycles. The summed E-state index contributed by atoms with van der Waals surface area (Å²) in [6.45, 7) is 8.67. The van der Waals surface area contributed by atoms with Crippen LogP contribution in [-0.2, 0) is 4.79 Å². The molecule has 1 aromatic rings. The second kappa shape index (κ2) is 9.56. The minimum Gasteiger partial charge on any atom is -0.341 e. The number of aryl methyl sites for hydroxylation is 2. The summed E-state index contributed by atoms with van der Waals surface area (Å²) >= 11 is 1.69. The van der Waals surface area contributed by atoms with E-state index >= 15 is 0 Å². The number of rotatable bonds is 3. The van der Waals surface area contributed by atoms with Gasteiger partial charge in [0.25, 0.3) is 0 Å². The molecule has 0 aliphatic carbocycles. The summed E-state index contributed by atoms with van der Waals surface area (Å²) in [6, 6.07) is 2.41. The molecule has 0 bridgehead atoms. The van der Waals surface area contributed by atoms with Crippen LogP contribution in [0.5, 0.6) is 0 Å². The number of thioether (sulfide) groups is 1. The molecule has 30 heavy (non-hydrogen) atoms. The van der Waals surface area contributed by atoms with Gasteiger partial charge in [0.1, 0.15) is 5.03 Å². The quantitative estimate of drug-likeness (QED) is 0.797. The van der Waals surface area contributed by atoms with Crippen LogP contribution in [0, 0.1) is 13.8 Å². The number of hydrogen-bond acceptors (Lipinski definition) is 5. The number of amides is 3.